The van der Waals surface area contributed by atoms with E-state index >= 15 is 0 Å². The Balaban J connectivity index is 0.000000316. The van der Waals surface area contributed by atoms with Crippen LogP contribution >= 0.6 is 0 Å². The molecule has 13 nitrogen and oxygen atoms in total. The number of esters is 1. The molecule has 1 saturated heterocycles. The van der Waals surface area contributed by atoms with Gasteiger partial charge in [-0.15, -0.1) is 0 Å². The Morgan fingerprint density at radius 1 is 0.952 bits per heavy atom. The van der Waals surface area contributed by atoms with Crippen molar-refractivity contribution in [1.82, 2.24) is 14.9 Å². The molecule has 0 radical (unpaired) electrons. The average Bonchev–Trinajstić information content (AvgIpc) is 3.43. The van der Waals surface area contributed by atoms with Crippen molar-refractivity contribution >= 4 is 29.7 Å². The number of benzene rings is 1. The molecule has 2 aliphatic heterocycles. The molecule has 0 aliphatic carbocycles. The van der Waals surface area contributed by atoms with E-state index in [4.69, 9.17) is 35.1 Å². The number of hydrogen-bond donors (Lipinski definition) is 4. The fraction of sp³-hybridized carbons (Fsp3) is 0.517. The first-order chi connectivity index (χ1) is 19.8. The second-order valence-electron chi connectivity index (χ2n) is 10.9. The van der Waals surface area contributed by atoms with Gasteiger partial charge in [0.2, 0.25) is 0 Å². The van der Waals surface area contributed by atoms with Gasteiger partial charge in [-0.2, -0.15) is 0 Å². The Bertz CT molecular complexity index is 1270. The summed E-state index contributed by atoms with van der Waals surface area (Å²) in [7, 11) is 0. The van der Waals surface area contributed by atoms with E-state index in [2.05, 4.69) is 23.6 Å². The molecular formula is C29H38N4O9. The molecule has 228 valence electrons. The van der Waals surface area contributed by atoms with Crippen molar-refractivity contribution in [1.29, 1.82) is 0 Å². The zero-order valence-electron chi connectivity index (χ0n) is 24.1. The van der Waals surface area contributed by atoms with Crippen LogP contribution in [0.2, 0.25) is 0 Å². The topological polar surface area (TPSA) is 191 Å². The van der Waals surface area contributed by atoms with Crippen LogP contribution in [-0.4, -0.2) is 84.4 Å². The summed E-state index contributed by atoms with van der Waals surface area (Å²) in [5.41, 5.74) is 1.01. The summed E-state index contributed by atoms with van der Waals surface area (Å²) in [6.07, 6.45) is 1.21. The molecule has 0 spiro atoms. The SMILES string of the molecule is CC(=O)Oc1ccc(CN2CCc3c(nc(C(C)C)nc3N3CCCC3)C2)cc1.O=C(O)CC(O)(CC(=O)O)C(=O)O. The van der Waals surface area contributed by atoms with Gasteiger partial charge in [0.25, 0.3) is 0 Å². The minimum atomic E-state index is -2.74. The van der Waals surface area contributed by atoms with E-state index in [1.165, 1.54) is 42.4 Å². The van der Waals surface area contributed by atoms with E-state index in [0.29, 0.717) is 11.7 Å². The van der Waals surface area contributed by atoms with Crippen LogP contribution in [0.3, 0.4) is 0 Å². The van der Waals surface area contributed by atoms with Crippen molar-refractivity contribution in [2.45, 2.75) is 77.5 Å². The number of carbonyl (C=O) groups is 4. The van der Waals surface area contributed by atoms with E-state index in [1.54, 1.807) is 0 Å². The zero-order chi connectivity index (χ0) is 31.0. The number of carbonyl (C=O) groups excluding carboxylic acids is 1. The van der Waals surface area contributed by atoms with E-state index in [9.17, 15) is 19.2 Å². The van der Waals surface area contributed by atoms with Crippen LogP contribution < -0.4 is 9.64 Å². The first-order valence-corrected chi connectivity index (χ1v) is 13.8. The molecule has 1 fully saturated rings. The summed E-state index contributed by atoms with van der Waals surface area (Å²) in [5.74, 6) is -2.25. The van der Waals surface area contributed by atoms with Crippen LogP contribution in [0.5, 0.6) is 5.75 Å². The van der Waals surface area contributed by atoms with Gasteiger partial charge in [-0.05, 0) is 37.0 Å². The molecule has 3 heterocycles. The largest absolute Gasteiger partial charge is 0.481 e. The fourth-order valence-corrected chi connectivity index (χ4v) is 4.87. The smallest absolute Gasteiger partial charge is 0.336 e. The molecule has 0 bridgehead atoms. The van der Waals surface area contributed by atoms with Gasteiger partial charge in [0.15, 0.2) is 5.60 Å². The first-order valence-electron chi connectivity index (χ1n) is 13.8. The number of hydrogen-bond acceptors (Lipinski definition) is 10. The van der Waals surface area contributed by atoms with E-state index in [-0.39, 0.29) is 5.97 Å². The van der Waals surface area contributed by atoms with Crippen LogP contribution in [0.15, 0.2) is 24.3 Å². The highest BCUT2D eigenvalue weighted by Crippen LogP contribution is 2.31. The van der Waals surface area contributed by atoms with Gasteiger partial charge in [-0.3, -0.25) is 19.3 Å². The number of aromatic nitrogens is 2. The summed E-state index contributed by atoms with van der Waals surface area (Å²) in [6, 6.07) is 7.78. The molecule has 13 heteroatoms. The number of fused-ring (bicyclic) bond motifs is 1. The molecule has 4 N–H and O–H groups in total. The molecule has 2 aromatic rings. The van der Waals surface area contributed by atoms with Crippen LogP contribution in [0, 0.1) is 0 Å². The fourth-order valence-electron chi connectivity index (χ4n) is 4.87. The summed E-state index contributed by atoms with van der Waals surface area (Å²) in [5, 5.41) is 33.8. The molecule has 42 heavy (non-hydrogen) atoms. The lowest BCUT2D eigenvalue weighted by molar-refractivity contribution is -0.170. The summed E-state index contributed by atoms with van der Waals surface area (Å²) in [4.78, 5) is 56.4. The van der Waals surface area contributed by atoms with Crippen molar-refractivity contribution in [2.75, 3.05) is 24.5 Å². The highest BCUT2D eigenvalue weighted by molar-refractivity contribution is 5.88. The lowest BCUT2D eigenvalue weighted by atomic mass is 9.96. The van der Waals surface area contributed by atoms with Crippen LogP contribution in [-0.2, 0) is 38.7 Å². The number of carboxylic acids is 3. The summed E-state index contributed by atoms with van der Waals surface area (Å²) in [6.45, 7) is 10.7. The highest BCUT2D eigenvalue weighted by Gasteiger charge is 2.40. The number of anilines is 1. The van der Waals surface area contributed by atoms with Gasteiger partial charge in [-0.1, -0.05) is 26.0 Å². The Labute approximate surface area is 243 Å². The third-order valence-corrected chi connectivity index (χ3v) is 6.94. The van der Waals surface area contributed by atoms with Crippen LogP contribution in [0.4, 0.5) is 5.82 Å². The monoisotopic (exact) mass is 586 g/mol. The maximum atomic E-state index is 11.1. The van der Waals surface area contributed by atoms with Gasteiger partial charge in [0.05, 0.1) is 18.5 Å². The van der Waals surface area contributed by atoms with Crippen molar-refractivity contribution in [3.8, 4) is 5.75 Å². The lowest BCUT2D eigenvalue weighted by Crippen LogP contribution is -2.42. The molecule has 0 atom stereocenters. The van der Waals surface area contributed by atoms with Gasteiger partial charge in [0, 0.05) is 51.1 Å². The summed E-state index contributed by atoms with van der Waals surface area (Å²) < 4.78 is 5.13. The maximum absolute atomic E-state index is 11.1. The number of aliphatic carboxylic acids is 3. The second kappa shape index (κ2) is 14.2. The summed E-state index contributed by atoms with van der Waals surface area (Å²) >= 11 is 0. The Hall–Kier alpha value is -4.10. The number of ether oxygens (including phenoxy) is 1. The Morgan fingerprint density at radius 2 is 1.55 bits per heavy atom. The minimum Gasteiger partial charge on any atom is -0.481 e. The molecule has 1 aromatic carbocycles. The van der Waals surface area contributed by atoms with Gasteiger partial charge in [0.1, 0.15) is 17.4 Å². The van der Waals surface area contributed by atoms with Crippen molar-refractivity contribution in [3.63, 3.8) is 0 Å². The molecular weight excluding hydrogens is 548 g/mol. The zero-order valence-corrected chi connectivity index (χ0v) is 24.1. The predicted molar refractivity (Wildman–Crippen MR) is 150 cm³/mol. The van der Waals surface area contributed by atoms with Crippen LogP contribution in [0.1, 0.15) is 75.0 Å². The van der Waals surface area contributed by atoms with Crippen molar-refractivity contribution in [3.05, 3.63) is 46.9 Å². The number of carboxylic acid groups (broad SMARTS) is 3. The van der Waals surface area contributed by atoms with Gasteiger partial charge in [-0.25, -0.2) is 14.8 Å². The number of rotatable bonds is 10. The third-order valence-electron chi connectivity index (χ3n) is 6.94. The van der Waals surface area contributed by atoms with E-state index < -0.39 is 36.4 Å². The quantitative estimate of drug-likeness (QED) is 0.235. The highest BCUT2D eigenvalue weighted by atomic mass is 16.5. The molecule has 1 aromatic heterocycles. The molecule has 0 saturated carbocycles. The first kappa shape index (κ1) is 32.4. The van der Waals surface area contributed by atoms with Crippen molar-refractivity contribution in [2.24, 2.45) is 0 Å². The predicted octanol–water partition coefficient (Wildman–Crippen LogP) is 2.44. The maximum Gasteiger partial charge on any atom is 0.336 e. The minimum absolute atomic E-state index is 0.292. The Morgan fingerprint density at radius 3 is 2.05 bits per heavy atom. The van der Waals surface area contributed by atoms with E-state index in [0.717, 1.165) is 45.0 Å². The Kier molecular flexibility index (Phi) is 10.9. The molecule has 0 unspecified atom stereocenters. The second-order valence-corrected chi connectivity index (χ2v) is 10.9. The number of aliphatic hydroxyl groups is 1. The average molecular weight is 587 g/mol. The number of nitrogens with zero attached hydrogens (tertiary/aromatic N) is 4. The molecule has 2 aliphatic rings. The lowest BCUT2D eigenvalue weighted by Gasteiger charge is -2.31. The van der Waals surface area contributed by atoms with Crippen molar-refractivity contribution < 1.29 is 44.3 Å². The standard InChI is InChI=1S/C23H30N4O2.C6H8O7/c1-16(2)22-24-21-15-26(14-18-6-8-19(9-7-18)29-17(3)28)13-10-20(21)23(25-22)27-11-4-5-12-27;7-3(8)1-6(13,5(11)12)2-4(9)10/h6-9,16H,4-5,10-15H2,1-3H3;13H,1-2H2,(H,7,8)(H,9,10)(H,11,12). The normalized spacial score (nSPS) is 15.0. The molecule has 4 rings (SSSR count). The van der Waals surface area contributed by atoms with Gasteiger partial charge < -0.3 is 30.1 Å². The van der Waals surface area contributed by atoms with Crippen LogP contribution in [0.25, 0.3) is 0 Å². The molecule has 0 amide bonds. The van der Waals surface area contributed by atoms with E-state index in [1.807, 2.05) is 24.3 Å². The van der Waals surface area contributed by atoms with Gasteiger partial charge >= 0.3 is 23.9 Å². The third kappa shape index (κ3) is 8.95.